The van der Waals surface area contributed by atoms with Crippen molar-refractivity contribution in [1.29, 1.82) is 0 Å². The molecule has 0 heterocycles. The van der Waals surface area contributed by atoms with Crippen molar-refractivity contribution < 1.29 is 23.9 Å². The number of Topliss-reactive ketones (excluding diaryl/α,β-unsaturated/α-hetero) is 1. The molecule has 8 heteroatoms. The van der Waals surface area contributed by atoms with Crippen LogP contribution >= 0.6 is 15.9 Å². The molecule has 7 nitrogen and oxygen atoms in total. The summed E-state index contributed by atoms with van der Waals surface area (Å²) >= 11 is 3.31. The van der Waals surface area contributed by atoms with E-state index < -0.39 is 4.92 Å². The molecule has 0 unspecified atom stereocenters. The van der Waals surface area contributed by atoms with Gasteiger partial charge >= 0.3 is 0 Å². The number of methoxy groups -OCH3 is 2. The van der Waals surface area contributed by atoms with Crippen LogP contribution in [-0.4, -0.2) is 31.5 Å². The predicted molar refractivity (Wildman–Crippen MR) is 90.2 cm³/mol. The third-order valence-electron chi connectivity index (χ3n) is 3.19. The predicted octanol–water partition coefficient (Wildman–Crippen LogP) is 3.64. The lowest BCUT2D eigenvalue weighted by Crippen LogP contribution is -2.12. The van der Waals surface area contributed by atoms with Gasteiger partial charge < -0.3 is 14.2 Å². The van der Waals surface area contributed by atoms with Crippen LogP contribution in [-0.2, 0) is 0 Å². The van der Waals surface area contributed by atoms with Crippen LogP contribution < -0.4 is 14.2 Å². The summed E-state index contributed by atoms with van der Waals surface area (Å²) in [4.78, 5) is 22.5. The Balaban J connectivity index is 2.15. The normalized spacial score (nSPS) is 10.1. The van der Waals surface area contributed by atoms with Crippen LogP contribution in [0.3, 0.4) is 0 Å². The van der Waals surface area contributed by atoms with Gasteiger partial charge in [-0.2, -0.15) is 0 Å². The molecule has 0 aliphatic carbocycles. The van der Waals surface area contributed by atoms with Gasteiger partial charge in [-0.05, 0) is 40.2 Å². The van der Waals surface area contributed by atoms with E-state index in [2.05, 4.69) is 15.9 Å². The molecule has 0 aromatic heterocycles. The van der Waals surface area contributed by atoms with Gasteiger partial charge in [0, 0.05) is 11.6 Å². The summed E-state index contributed by atoms with van der Waals surface area (Å²) in [6.45, 7) is -0.281. The SMILES string of the molecule is COc1ccc(C(=O)COc2cc([N+](=O)[O-])ccc2OC)cc1Br. The van der Waals surface area contributed by atoms with Crippen molar-refractivity contribution in [3.8, 4) is 17.2 Å². The second-order valence-corrected chi connectivity index (χ2v) is 5.51. The molecule has 0 atom stereocenters. The summed E-state index contributed by atoms with van der Waals surface area (Å²) in [6.07, 6.45) is 0. The smallest absolute Gasteiger partial charge is 0.273 e. The first-order chi connectivity index (χ1) is 11.5. The number of ketones is 1. The number of non-ortho nitro benzene ring substituents is 1. The average Bonchev–Trinajstić information content (AvgIpc) is 2.59. The van der Waals surface area contributed by atoms with Gasteiger partial charge in [-0.3, -0.25) is 14.9 Å². The van der Waals surface area contributed by atoms with E-state index in [1.54, 1.807) is 18.2 Å². The molecule has 0 aliphatic heterocycles. The van der Waals surface area contributed by atoms with E-state index in [0.29, 0.717) is 21.5 Å². The van der Waals surface area contributed by atoms with Gasteiger partial charge in [0.25, 0.3) is 5.69 Å². The highest BCUT2D eigenvalue weighted by Gasteiger charge is 2.15. The maximum Gasteiger partial charge on any atom is 0.273 e. The number of hydrogen-bond acceptors (Lipinski definition) is 6. The highest BCUT2D eigenvalue weighted by molar-refractivity contribution is 9.10. The van der Waals surface area contributed by atoms with Crippen LogP contribution in [0.4, 0.5) is 5.69 Å². The van der Waals surface area contributed by atoms with Crippen molar-refractivity contribution in [1.82, 2.24) is 0 Å². The fourth-order valence-electron chi connectivity index (χ4n) is 1.96. The summed E-state index contributed by atoms with van der Waals surface area (Å²) in [5, 5.41) is 10.8. The van der Waals surface area contributed by atoms with E-state index >= 15 is 0 Å². The lowest BCUT2D eigenvalue weighted by atomic mass is 10.1. The molecule has 126 valence electrons. The molecule has 0 N–H and O–H groups in total. The molecular formula is C16H14BrNO6. The minimum absolute atomic E-state index is 0.132. The van der Waals surface area contributed by atoms with Gasteiger partial charge in [0.1, 0.15) is 5.75 Å². The number of ether oxygens (including phenoxy) is 3. The number of nitro benzene ring substituents is 1. The van der Waals surface area contributed by atoms with E-state index in [9.17, 15) is 14.9 Å². The van der Waals surface area contributed by atoms with E-state index in [4.69, 9.17) is 14.2 Å². The van der Waals surface area contributed by atoms with Crippen molar-refractivity contribution in [3.63, 3.8) is 0 Å². The molecule has 0 spiro atoms. The van der Waals surface area contributed by atoms with Crippen LogP contribution in [0, 0.1) is 10.1 Å². The standard InChI is InChI=1S/C16H14BrNO6/c1-22-14-5-3-10(7-12(14)17)13(19)9-24-16-8-11(18(20)21)4-6-15(16)23-2/h3-8H,9H2,1-2H3. The van der Waals surface area contributed by atoms with Crippen molar-refractivity contribution in [3.05, 3.63) is 56.5 Å². The molecule has 0 saturated heterocycles. The third-order valence-corrected chi connectivity index (χ3v) is 3.81. The van der Waals surface area contributed by atoms with Crippen LogP contribution in [0.25, 0.3) is 0 Å². The van der Waals surface area contributed by atoms with E-state index in [-0.39, 0.29) is 23.8 Å². The molecule has 2 aromatic carbocycles. The Labute approximate surface area is 146 Å². The molecule has 2 rings (SSSR count). The average molecular weight is 396 g/mol. The van der Waals surface area contributed by atoms with Crippen molar-refractivity contribution in [2.75, 3.05) is 20.8 Å². The third kappa shape index (κ3) is 4.02. The van der Waals surface area contributed by atoms with Crippen LogP contribution in [0.1, 0.15) is 10.4 Å². The first kappa shape index (κ1) is 17.7. The van der Waals surface area contributed by atoms with Gasteiger partial charge in [-0.25, -0.2) is 0 Å². The second-order valence-electron chi connectivity index (χ2n) is 4.65. The zero-order valence-electron chi connectivity index (χ0n) is 12.9. The zero-order chi connectivity index (χ0) is 17.7. The first-order valence-electron chi connectivity index (χ1n) is 6.78. The maximum absolute atomic E-state index is 12.2. The van der Waals surface area contributed by atoms with Crippen LogP contribution in [0.15, 0.2) is 40.9 Å². The molecule has 0 saturated carbocycles. The fraction of sp³-hybridized carbons (Fsp3) is 0.188. The molecule has 0 bridgehead atoms. The Hall–Kier alpha value is -2.61. The Morgan fingerprint density at radius 3 is 2.33 bits per heavy atom. The Bertz CT molecular complexity index is 777. The van der Waals surface area contributed by atoms with Gasteiger partial charge in [0.2, 0.25) is 0 Å². The number of rotatable bonds is 7. The molecule has 0 fully saturated rings. The summed E-state index contributed by atoms with van der Waals surface area (Å²) in [6, 6.07) is 8.83. The van der Waals surface area contributed by atoms with E-state index in [0.717, 1.165) is 0 Å². The second kappa shape index (κ2) is 7.78. The molecule has 0 aliphatic rings. The summed E-state index contributed by atoms with van der Waals surface area (Å²) in [7, 11) is 2.94. The van der Waals surface area contributed by atoms with E-state index in [1.807, 2.05) is 0 Å². The highest BCUT2D eigenvalue weighted by Crippen LogP contribution is 2.31. The van der Waals surface area contributed by atoms with Gasteiger partial charge in [0.05, 0.1) is 29.7 Å². The molecule has 0 amide bonds. The number of nitro groups is 1. The maximum atomic E-state index is 12.2. The van der Waals surface area contributed by atoms with Crippen LogP contribution in [0.2, 0.25) is 0 Å². The molecular weight excluding hydrogens is 382 g/mol. The Morgan fingerprint density at radius 1 is 1.08 bits per heavy atom. The molecule has 24 heavy (non-hydrogen) atoms. The Kier molecular flexibility index (Phi) is 5.75. The molecule has 0 radical (unpaired) electrons. The number of halogens is 1. The zero-order valence-corrected chi connectivity index (χ0v) is 14.5. The highest BCUT2D eigenvalue weighted by atomic mass is 79.9. The lowest BCUT2D eigenvalue weighted by Gasteiger charge is -2.10. The Morgan fingerprint density at radius 2 is 1.75 bits per heavy atom. The number of carbonyl (C=O) groups is 1. The summed E-state index contributed by atoms with van der Waals surface area (Å²) in [5.74, 6) is 0.761. The van der Waals surface area contributed by atoms with Crippen molar-refractivity contribution in [2.24, 2.45) is 0 Å². The van der Waals surface area contributed by atoms with Gasteiger partial charge in [-0.15, -0.1) is 0 Å². The quantitative estimate of drug-likeness (QED) is 0.404. The fourth-order valence-corrected chi connectivity index (χ4v) is 2.50. The van der Waals surface area contributed by atoms with Crippen LogP contribution in [0.5, 0.6) is 17.2 Å². The number of benzene rings is 2. The number of nitrogens with zero attached hydrogens (tertiary/aromatic N) is 1. The van der Waals surface area contributed by atoms with Gasteiger partial charge in [-0.1, -0.05) is 0 Å². The van der Waals surface area contributed by atoms with Gasteiger partial charge in [0.15, 0.2) is 23.9 Å². The number of carbonyl (C=O) groups excluding carboxylic acids is 1. The first-order valence-corrected chi connectivity index (χ1v) is 7.57. The number of hydrogen-bond donors (Lipinski definition) is 0. The monoisotopic (exact) mass is 395 g/mol. The topological polar surface area (TPSA) is 87.9 Å². The minimum atomic E-state index is -0.547. The van der Waals surface area contributed by atoms with E-state index in [1.165, 1.54) is 32.4 Å². The lowest BCUT2D eigenvalue weighted by molar-refractivity contribution is -0.385. The van der Waals surface area contributed by atoms with Crippen molar-refractivity contribution in [2.45, 2.75) is 0 Å². The largest absolute Gasteiger partial charge is 0.496 e. The minimum Gasteiger partial charge on any atom is -0.496 e. The summed E-state index contributed by atoms with van der Waals surface area (Å²) in [5.41, 5.74) is 0.275. The molecule has 2 aromatic rings. The summed E-state index contributed by atoms with van der Waals surface area (Å²) < 4.78 is 16.2. The van der Waals surface area contributed by atoms with Crippen molar-refractivity contribution >= 4 is 27.4 Å².